The number of ether oxygens (including phenoxy) is 1. The normalized spacial score (nSPS) is 11.7. The number of aliphatic hydroxyl groups excluding tert-OH is 1. The van der Waals surface area contributed by atoms with Crippen molar-refractivity contribution in [2.45, 2.75) is 26.2 Å². The first-order valence-electron chi connectivity index (χ1n) is 8.03. The zero-order valence-electron chi connectivity index (χ0n) is 14.7. The summed E-state index contributed by atoms with van der Waals surface area (Å²) in [5.41, 5.74) is 2.25. The van der Waals surface area contributed by atoms with Crippen LogP contribution >= 0.6 is 0 Å². The Morgan fingerprint density at radius 3 is 2.16 bits per heavy atom. The topological polar surface area (TPSA) is 46.5 Å². The summed E-state index contributed by atoms with van der Waals surface area (Å²) in [5, 5.41) is 10.2. The lowest BCUT2D eigenvalue weighted by molar-refractivity contribution is 0.104. The van der Waals surface area contributed by atoms with Crippen LogP contribution in [0.2, 0.25) is 0 Å². The summed E-state index contributed by atoms with van der Waals surface area (Å²) in [7, 11) is 0. The molecule has 0 spiro atoms. The van der Waals surface area contributed by atoms with Crippen molar-refractivity contribution in [1.29, 1.82) is 0 Å². The molecule has 0 saturated heterocycles. The van der Waals surface area contributed by atoms with Gasteiger partial charge in [-0.1, -0.05) is 51.0 Å². The van der Waals surface area contributed by atoms with Gasteiger partial charge in [-0.05, 0) is 35.2 Å². The van der Waals surface area contributed by atoms with Crippen molar-refractivity contribution in [3.05, 3.63) is 71.3 Å². The van der Waals surface area contributed by atoms with E-state index < -0.39 is 0 Å². The first kappa shape index (κ1) is 18.4. The number of aliphatic hydroxyl groups is 1. The molecule has 0 amide bonds. The molecule has 0 saturated carbocycles. The molecule has 3 heteroatoms. The Labute approximate surface area is 149 Å². The minimum absolute atomic E-state index is 0.0305. The zero-order valence-corrected chi connectivity index (χ0v) is 14.7. The highest BCUT2D eigenvalue weighted by Gasteiger charge is 2.14. The first-order valence-corrected chi connectivity index (χ1v) is 8.03. The number of benzene rings is 2. The fourth-order valence-corrected chi connectivity index (χ4v) is 2.27. The van der Waals surface area contributed by atoms with Gasteiger partial charge >= 0.3 is 0 Å². The van der Waals surface area contributed by atoms with Crippen LogP contribution in [0.15, 0.2) is 54.6 Å². The number of hydrogen-bond acceptors (Lipinski definition) is 3. The van der Waals surface area contributed by atoms with Crippen molar-refractivity contribution in [2.24, 2.45) is 0 Å². The number of terminal acetylenes is 1. The van der Waals surface area contributed by atoms with Crippen LogP contribution in [0.1, 0.15) is 42.3 Å². The van der Waals surface area contributed by atoms with Gasteiger partial charge in [-0.2, -0.15) is 0 Å². The van der Waals surface area contributed by atoms with E-state index in [-0.39, 0.29) is 23.6 Å². The van der Waals surface area contributed by atoms with Gasteiger partial charge in [0.25, 0.3) is 0 Å². The van der Waals surface area contributed by atoms with Gasteiger partial charge in [-0.25, -0.2) is 0 Å². The average molecular weight is 334 g/mol. The molecule has 2 rings (SSSR count). The summed E-state index contributed by atoms with van der Waals surface area (Å²) in [5.74, 6) is 2.66. The predicted molar refractivity (Wildman–Crippen MR) is 101 cm³/mol. The molecule has 0 aliphatic rings. The van der Waals surface area contributed by atoms with E-state index in [0.29, 0.717) is 16.9 Å². The van der Waals surface area contributed by atoms with Gasteiger partial charge in [0.15, 0.2) is 5.78 Å². The third kappa shape index (κ3) is 4.99. The van der Waals surface area contributed by atoms with E-state index >= 15 is 0 Å². The number of allylic oxidation sites excluding steroid dienone is 1. The second kappa shape index (κ2) is 7.72. The first-order chi connectivity index (χ1) is 11.8. The molecule has 0 unspecified atom stereocenters. The lowest BCUT2D eigenvalue weighted by Gasteiger charge is -2.18. The fraction of sp³-hybridized carbons (Fsp3) is 0.227. The third-order valence-corrected chi connectivity index (χ3v) is 3.78. The molecule has 2 aromatic rings. The number of hydrogen-bond donors (Lipinski definition) is 1. The van der Waals surface area contributed by atoms with E-state index in [1.165, 1.54) is 6.08 Å². The van der Waals surface area contributed by atoms with Crippen molar-refractivity contribution in [2.75, 3.05) is 6.61 Å². The zero-order chi connectivity index (χ0) is 18.4. The summed E-state index contributed by atoms with van der Waals surface area (Å²) >= 11 is 0. The van der Waals surface area contributed by atoms with Gasteiger partial charge in [0, 0.05) is 17.2 Å². The monoisotopic (exact) mass is 334 g/mol. The molecule has 0 atom stereocenters. The highest BCUT2D eigenvalue weighted by Crippen LogP contribution is 2.23. The van der Waals surface area contributed by atoms with Crippen molar-refractivity contribution in [3.8, 4) is 18.1 Å². The van der Waals surface area contributed by atoms with Gasteiger partial charge in [-0.15, -0.1) is 6.42 Å². The second-order valence-corrected chi connectivity index (χ2v) is 6.74. The SMILES string of the molecule is C#CCOc1ccc(/C(O)=C/C(=O)c2ccc(C(C)(C)C)cc2)cc1. The van der Waals surface area contributed by atoms with E-state index in [2.05, 4.69) is 26.7 Å². The maximum absolute atomic E-state index is 12.3. The fourth-order valence-electron chi connectivity index (χ4n) is 2.27. The van der Waals surface area contributed by atoms with E-state index in [9.17, 15) is 9.90 Å². The van der Waals surface area contributed by atoms with Crippen LogP contribution in [-0.2, 0) is 5.41 Å². The molecular formula is C22H22O3. The molecule has 0 bridgehead atoms. The minimum atomic E-state index is -0.245. The maximum Gasteiger partial charge on any atom is 0.189 e. The Morgan fingerprint density at radius 1 is 1.08 bits per heavy atom. The molecule has 0 aliphatic heterocycles. The smallest absolute Gasteiger partial charge is 0.189 e. The second-order valence-electron chi connectivity index (χ2n) is 6.74. The molecule has 1 N–H and O–H groups in total. The van der Waals surface area contributed by atoms with Gasteiger partial charge < -0.3 is 9.84 Å². The predicted octanol–water partition coefficient (Wildman–Crippen LogP) is 4.78. The van der Waals surface area contributed by atoms with Crippen LogP contribution in [0.25, 0.3) is 5.76 Å². The number of ketones is 1. The largest absolute Gasteiger partial charge is 0.507 e. The van der Waals surface area contributed by atoms with Crippen molar-refractivity contribution < 1.29 is 14.6 Å². The molecule has 0 aliphatic carbocycles. The molecule has 128 valence electrons. The highest BCUT2D eigenvalue weighted by atomic mass is 16.5. The Morgan fingerprint density at radius 2 is 1.64 bits per heavy atom. The van der Waals surface area contributed by atoms with E-state index in [0.717, 1.165) is 5.56 Å². The van der Waals surface area contributed by atoms with Gasteiger partial charge in [0.2, 0.25) is 0 Å². The Bertz CT molecular complexity index is 798. The van der Waals surface area contributed by atoms with Crippen LogP contribution < -0.4 is 4.74 Å². The minimum Gasteiger partial charge on any atom is -0.507 e. The summed E-state index contributed by atoms with van der Waals surface area (Å²) in [4.78, 5) is 12.3. The molecule has 0 aromatic heterocycles. The highest BCUT2D eigenvalue weighted by molar-refractivity contribution is 6.07. The maximum atomic E-state index is 12.3. The standard InChI is InChI=1S/C22H22O3/c1-5-14-25-19-12-8-17(9-13-19)21(24)15-20(23)16-6-10-18(11-7-16)22(2,3)4/h1,6-13,15,24H,14H2,2-4H3/b21-15-. The summed E-state index contributed by atoms with van der Waals surface area (Å²) in [6.45, 7) is 6.54. The summed E-state index contributed by atoms with van der Waals surface area (Å²) in [6.07, 6.45) is 6.36. The van der Waals surface area contributed by atoms with E-state index in [1.807, 2.05) is 12.1 Å². The van der Waals surface area contributed by atoms with Crippen molar-refractivity contribution in [3.63, 3.8) is 0 Å². The Balaban J connectivity index is 2.13. The Kier molecular flexibility index (Phi) is 5.67. The molecule has 3 nitrogen and oxygen atoms in total. The van der Waals surface area contributed by atoms with Gasteiger partial charge in [-0.3, -0.25) is 4.79 Å². The Hall–Kier alpha value is -2.99. The average Bonchev–Trinajstić information content (AvgIpc) is 2.59. The van der Waals surface area contributed by atoms with E-state index in [1.54, 1.807) is 36.4 Å². The lowest BCUT2D eigenvalue weighted by Crippen LogP contribution is -2.11. The molecule has 0 radical (unpaired) electrons. The number of rotatable bonds is 5. The van der Waals surface area contributed by atoms with Crippen LogP contribution in [0.3, 0.4) is 0 Å². The van der Waals surface area contributed by atoms with Gasteiger partial charge in [0.1, 0.15) is 18.1 Å². The van der Waals surface area contributed by atoms with Crippen molar-refractivity contribution >= 4 is 11.5 Å². The van der Waals surface area contributed by atoms with Crippen LogP contribution in [0.4, 0.5) is 0 Å². The summed E-state index contributed by atoms with van der Waals surface area (Å²) in [6, 6.07) is 14.2. The molecule has 25 heavy (non-hydrogen) atoms. The van der Waals surface area contributed by atoms with E-state index in [4.69, 9.17) is 11.2 Å². The third-order valence-electron chi connectivity index (χ3n) is 3.78. The number of carbonyl (C=O) groups excluding carboxylic acids is 1. The van der Waals surface area contributed by atoms with Crippen LogP contribution in [0.5, 0.6) is 5.75 Å². The van der Waals surface area contributed by atoms with Gasteiger partial charge in [0.05, 0.1) is 0 Å². The number of carbonyl (C=O) groups is 1. The lowest BCUT2D eigenvalue weighted by atomic mass is 9.86. The summed E-state index contributed by atoms with van der Waals surface area (Å²) < 4.78 is 5.27. The molecule has 0 fully saturated rings. The van der Waals surface area contributed by atoms with Crippen LogP contribution in [0, 0.1) is 12.3 Å². The van der Waals surface area contributed by atoms with Crippen molar-refractivity contribution in [1.82, 2.24) is 0 Å². The van der Waals surface area contributed by atoms with Crippen LogP contribution in [-0.4, -0.2) is 17.5 Å². The molecule has 0 heterocycles. The quantitative estimate of drug-likeness (QED) is 0.370. The molecular weight excluding hydrogens is 312 g/mol. The molecule has 2 aromatic carbocycles.